The number of aromatic nitrogens is 2. The number of carbonyl (C=O) groups is 1. The van der Waals surface area contributed by atoms with Crippen LogP contribution in [-0.2, 0) is 0 Å². The van der Waals surface area contributed by atoms with Gasteiger partial charge < -0.3 is 11.1 Å². The van der Waals surface area contributed by atoms with E-state index in [1.807, 2.05) is 0 Å². The Bertz CT molecular complexity index is 470. The summed E-state index contributed by atoms with van der Waals surface area (Å²) in [5, 5.41) is 3.06. The van der Waals surface area contributed by atoms with Gasteiger partial charge in [0.05, 0.1) is 0 Å². The van der Waals surface area contributed by atoms with Crippen LogP contribution in [0, 0.1) is 0 Å². The molecule has 0 aromatic carbocycles. The van der Waals surface area contributed by atoms with Crippen LogP contribution >= 0.6 is 12.4 Å². The first-order valence-corrected chi connectivity index (χ1v) is 7.12. The molecule has 0 radical (unpaired) electrons. The summed E-state index contributed by atoms with van der Waals surface area (Å²) >= 11 is 0. The number of nitrogens with two attached hydrogens (primary N) is 1. The van der Waals surface area contributed by atoms with Crippen LogP contribution < -0.4 is 11.1 Å². The number of nitrogens with zero attached hydrogens (tertiary/aromatic N) is 2. The van der Waals surface area contributed by atoms with Crippen molar-refractivity contribution in [3.63, 3.8) is 0 Å². The molecule has 1 aromatic rings. The second-order valence-electron chi connectivity index (χ2n) is 5.66. The first kappa shape index (κ1) is 15.2. The number of amides is 1. The van der Waals surface area contributed by atoms with Gasteiger partial charge in [0.15, 0.2) is 0 Å². The molecule has 0 spiro atoms. The standard InChI is InChI=1S/C14H20N4O.ClH/c15-10-3-5-11(6-4-10)17-14(19)12-7-8-16-13(18-12)9-1-2-9;/h7-11H,1-6,15H2,(H,17,19);1H. The third kappa shape index (κ3) is 3.67. The van der Waals surface area contributed by atoms with Gasteiger partial charge in [-0.3, -0.25) is 4.79 Å². The van der Waals surface area contributed by atoms with Gasteiger partial charge in [0, 0.05) is 24.2 Å². The van der Waals surface area contributed by atoms with Gasteiger partial charge in [-0.15, -0.1) is 12.4 Å². The van der Waals surface area contributed by atoms with Gasteiger partial charge in [0.25, 0.3) is 5.91 Å². The summed E-state index contributed by atoms with van der Waals surface area (Å²) in [7, 11) is 0. The van der Waals surface area contributed by atoms with Crippen LogP contribution in [0.3, 0.4) is 0 Å². The van der Waals surface area contributed by atoms with E-state index in [9.17, 15) is 4.79 Å². The number of halogens is 1. The minimum absolute atomic E-state index is 0. The molecule has 1 aromatic heterocycles. The number of nitrogens with one attached hydrogen (secondary N) is 1. The lowest BCUT2D eigenvalue weighted by Crippen LogP contribution is -2.40. The Morgan fingerprint density at radius 2 is 1.90 bits per heavy atom. The fourth-order valence-electron chi connectivity index (χ4n) is 2.56. The average Bonchev–Trinajstić information content (AvgIpc) is 3.26. The van der Waals surface area contributed by atoms with Crippen molar-refractivity contribution in [3.8, 4) is 0 Å². The zero-order chi connectivity index (χ0) is 13.2. The molecule has 5 nitrogen and oxygen atoms in total. The normalized spacial score (nSPS) is 25.6. The fraction of sp³-hybridized carbons (Fsp3) is 0.643. The van der Waals surface area contributed by atoms with E-state index in [2.05, 4.69) is 15.3 Å². The van der Waals surface area contributed by atoms with Crippen LogP contribution in [-0.4, -0.2) is 28.0 Å². The van der Waals surface area contributed by atoms with E-state index in [1.54, 1.807) is 12.3 Å². The first-order chi connectivity index (χ1) is 9.22. The van der Waals surface area contributed by atoms with E-state index >= 15 is 0 Å². The molecule has 110 valence electrons. The Labute approximate surface area is 125 Å². The summed E-state index contributed by atoms with van der Waals surface area (Å²) in [6.07, 6.45) is 7.88. The monoisotopic (exact) mass is 296 g/mol. The molecular weight excluding hydrogens is 276 g/mol. The zero-order valence-corrected chi connectivity index (χ0v) is 12.2. The van der Waals surface area contributed by atoms with Crippen LogP contribution in [0.5, 0.6) is 0 Å². The van der Waals surface area contributed by atoms with Crippen molar-refractivity contribution < 1.29 is 4.79 Å². The molecule has 0 saturated heterocycles. The van der Waals surface area contributed by atoms with Gasteiger partial charge in [-0.2, -0.15) is 0 Å². The molecule has 1 heterocycles. The Kier molecular flexibility index (Phi) is 4.94. The molecule has 2 aliphatic carbocycles. The van der Waals surface area contributed by atoms with Crippen LogP contribution in [0.15, 0.2) is 12.3 Å². The van der Waals surface area contributed by atoms with Crippen molar-refractivity contribution in [3.05, 3.63) is 23.8 Å². The van der Waals surface area contributed by atoms with Crippen molar-refractivity contribution in [2.75, 3.05) is 0 Å². The number of hydrogen-bond acceptors (Lipinski definition) is 4. The maximum absolute atomic E-state index is 12.2. The van der Waals surface area contributed by atoms with Gasteiger partial charge in [-0.1, -0.05) is 0 Å². The molecule has 1 amide bonds. The zero-order valence-electron chi connectivity index (χ0n) is 11.4. The minimum Gasteiger partial charge on any atom is -0.348 e. The highest BCUT2D eigenvalue weighted by Crippen LogP contribution is 2.37. The number of rotatable bonds is 3. The molecular formula is C14H21ClN4O. The van der Waals surface area contributed by atoms with Crippen LogP contribution in [0.4, 0.5) is 0 Å². The van der Waals surface area contributed by atoms with Gasteiger partial charge in [-0.05, 0) is 44.6 Å². The molecule has 0 atom stereocenters. The van der Waals surface area contributed by atoms with Crippen molar-refractivity contribution in [1.29, 1.82) is 0 Å². The maximum Gasteiger partial charge on any atom is 0.270 e. The fourth-order valence-corrected chi connectivity index (χ4v) is 2.56. The predicted molar refractivity (Wildman–Crippen MR) is 79.0 cm³/mol. The van der Waals surface area contributed by atoms with E-state index in [-0.39, 0.29) is 24.4 Å². The lowest BCUT2D eigenvalue weighted by Gasteiger charge is -2.26. The second kappa shape index (κ2) is 6.50. The van der Waals surface area contributed by atoms with Gasteiger partial charge in [0.1, 0.15) is 11.5 Å². The summed E-state index contributed by atoms with van der Waals surface area (Å²) in [6, 6.07) is 2.23. The highest BCUT2D eigenvalue weighted by Gasteiger charge is 2.27. The van der Waals surface area contributed by atoms with Gasteiger partial charge in [0.2, 0.25) is 0 Å². The van der Waals surface area contributed by atoms with Gasteiger partial charge in [-0.25, -0.2) is 9.97 Å². The molecule has 0 bridgehead atoms. The lowest BCUT2D eigenvalue weighted by molar-refractivity contribution is 0.0920. The Hall–Kier alpha value is -1.20. The van der Waals surface area contributed by atoms with E-state index in [1.165, 1.54) is 0 Å². The maximum atomic E-state index is 12.2. The molecule has 3 N–H and O–H groups in total. The molecule has 6 heteroatoms. The minimum atomic E-state index is -0.0789. The topological polar surface area (TPSA) is 80.9 Å². The summed E-state index contributed by atoms with van der Waals surface area (Å²) in [6.45, 7) is 0. The van der Waals surface area contributed by atoms with Crippen LogP contribution in [0.2, 0.25) is 0 Å². The number of hydrogen-bond donors (Lipinski definition) is 2. The molecule has 2 saturated carbocycles. The SMILES string of the molecule is Cl.NC1CCC(NC(=O)c2ccnc(C3CC3)n2)CC1. The van der Waals surface area contributed by atoms with Crippen molar-refractivity contribution >= 4 is 18.3 Å². The average molecular weight is 297 g/mol. The number of carbonyl (C=O) groups excluding carboxylic acids is 1. The third-order valence-corrected chi connectivity index (χ3v) is 3.96. The molecule has 3 rings (SSSR count). The van der Waals surface area contributed by atoms with Crippen molar-refractivity contribution in [1.82, 2.24) is 15.3 Å². The second-order valence-corrected chi connectivity index (χ2v) is 5.66. The van der Waals surface area contributed by atoms with Gasteiger partial charge >= 0.3 is 0 Å². The largest absolute Gasteiger partial charge is 0.348 e. The quantitative estimate of drug-likeness (QED) is 0.891. The Morgan fingerprint density at radius 1 is 1.20 bits per heavy atom. The third-order valence-electron chi connectivity index (χ3n) is 3.96. The summed E-state index contributed by atoms with van der Waals surface area (Å²) in [4.78, 5) is 20.8. The highest BCUT2D eigenvalue weighted by atomic mass is 35.5. The summed E-state index contributed by atoms with van der Waals surface area (Å²) < 4.78 is 0. The van der Waals surface area contributed by atoms with E-state index in [0.29, 0.717) is 17.7 Å². The molecule has 0 unspecified atom stereocenters. The molecule has 2 aliphatic rings. The molecule has 0 aliphatic heterocycles. The Morgan fingerprint density at radius 3 is 2.55 bits per heavy atom. The lowest BCUT2D eigenvalue weighted by atomic mass is 9.92. The van der Waals surface area contributed by atoms with E-state index in [4.69, 9.17) is 5.73 Å². The highest BCUT2D eigenvalue weighted by molar-refractivity contribution is 5.92. The van der Waals surface area contributed by atoms with Crippen molar-refractivity contribution in [2.45, 2.75) is 56.5 Å². The molecule has 2 fully saturated rings. The predicted octanol–water partition coefficient (Wildman–Crippen LogP) is 1.78. The summed E-state index contributed by atoms with van der Waals surface area (Å²) in [5.74, 6) is 1.21. The van der Waals surface area contributed by atoms with Crippen molar-refractivity contribution in [2.24, 2.45) is 5.73 Å². The first-order valence-electron chi connectivity index (χ1n) is 7.12. The van der Waals surface area contributed by atoms with Crippen LogP contribution in [0.1, 0.15) is 60.8 Å². The smallest absolute Gasteiger partial charge is 0.270 e. The van der Waals surface area contributed by atoms with E-state index in [0.717, 1.165) is 44.3 Å². The van der Waals surface area contributed by atoms with Crippen LogP contribution in [0.25, 0.3) is 0 Å². The molecule has 20 heavy (non-hydrogen) atoms. The Balaban J connectivity index is 0.00000147. The van der Waals surface area contributed by atoms with E-state index < -0.39 is 0 Å². The summed E-state index contributed by atoms with van der Waals surface area (Å²) in [5.41, 5.74) is 6.36.